The second-order valence-electron chi connectivity index (χ2n) is 8.37. The maximum absolute atomic E-state index is 12.2. The standard InChI is InChI=1S/C25H22N6O/c1-30-23(22-20-8-4-5-9-21(20)24(32)28-26-22)27-29-25(30)31(19-12-13-19)15-16-10-11-17-6-2-3-7-18(17)14-16/h2-11,14,19H,12-13,15H2,1H3,(H,28,32). The van der Waals surface area contributed by atoms with Crippen LogP contribution in [0.3, 0.4) is 0 Å². The summed E-state index contributed by atoms with van der Waals surface area (Å²) in [4.78, 5) is 14.5. The van der Waals surface area contributed by atoms with E-state index in [0.29, 0.717) is 22.9 Å². The highest BCUT2D eigenvalue weighted by molar-refractivity contribution is 5.92. The van der Waals surface area contributed by atoms with Crippen molar-refractivity contribution in [1.29, 1.82) is 0 Å². The Morgan fingerprint density at radius 1 is 0.969 bits per heavy atom. The van der Waals surface area contributed by atoms with Crippen molar-refractivity contribution < 1.29 is 0 Å². The van der Waals surface area contributed by atoms with Gasteiger partial charge in [0.05, 0.1) is 5.39 Å². The first-order valence-electron chi connectivity index (χ1n) is 10.8. The number of aromatic nitrogens is 5. The molecule has 2 aromatic heterocycles. The molecular weight excluding hydrogens is 400 g/mol. The summed E-state index contributed by atoms with van der Waals surface area (Å²) < 4.78 is 1.98. The van der Waals surface area contributed by atoms with Gasteiger partial charge in [-0.15, -0.1) is 10.2 Å². The Kier molecular flexibility index (Phi) is 4.28. The lowest BCUT2D eigenvalue weighted by Gasteiger charge is -2.23. The fraction of sp³-hybridized carbons (Fsp3) is 0.200. The normalized spacial score (nSPS) is 13.7. The number of hydrogen-bond donors (Lipinski definition) is 1. The van der Waals surface area contributed by atoms with Gasteiger partial charge >= 0.3 is 0 Å². The molecule has 32 heavy (non-hydrogen) atoms. The van der Waals surface area contributed by atoms with Crippen molar-refractivity contribution in [2.75, 3.05) is 4.90 Å². The van der Waals surface area contributed by atoms with Gasteiger partial charge in [0, 0.05) is 25.0 Å². The van der Waals surface area contributed by atoms with E-state index in [4.69, 9.17) is 0 Å². The molecule has 0 spiro atoms. The van der Waals surface area contributed by atoms with E-state index in [2.05, 4.69) is 67.8 Å². The molecule has 0 saturated heterocycles. The van der Waals surface area contributed by atoms with Crippen LogP contribution in [0.1, 0.15) is 18.4 Å². The molecule has 0 atom stereocenters. The van der Waals surface area contributed by atoms with Gasteiger partial charge < -0.3 is 4.90 Å². The second-order valence-corrected chi connectivity index (χ2v) is 8.37. The van der Waals surface area contributed by atoms with Crippen LogP contribution in [-0.4, -0.2) is 31.0 Å². The van der Waals surface area contributed by atoms with Crippen molar-refractivity contribution in [2.24, 2.45) is 7.05 Å². The molecule has 1 aliphatic carbocycles. The Hall–Kier alpha value is -4.00. The van der Waals surface area contributed by atoms with Crippen molar-refractivity contribution >= 4 is 27.5 Å². The molecule has 7 heteroatoms. The predicted octanol–water partition coefficient (Wildman–Crippen LogP) is 4.04. The number of aromatic amines is 1. The molecule has 1 aliphatic rings. The van der Waals surface area contributed by atoms with Crippen LogP contribution in [0.4, 0.5) is 5.95 Å². The highest BCUT2D eigenvalue weighted by atomic mass is 16.1. The molecule has 7 nitrogen and oxygen atoms in total. The number of anilines is 1. The highest BCUT2D eigenvalue weighted by Gasteiger charge is 2.33. The van der Waals surface area contributed by atoms with Gasteiger partial charge in [-0.25, -0.2) is 5.10 Å². The zero-order chi connectivity index (χ0) is 21.7. The summed E-state index contributed by atoms with van der Waals surface area (Å²) in [6.45, 7) is 0.765. The Labute approximate surface area is 184 Å². The Morgan fingerprint density at radius 3 is 2.53 bits per heavy atom. The van der Waals surface area contributed by atoms with Crippen molar-refractivity contribution in [3.63, 3.8) is 0 Å². The first-order valence-corrected chi connectivity index (χ1v) is 10.8. The van der Waals surface area contributed by atoms with Gasteiger partial charge in [0.15, 0.2) is 5.82 Å². The minimum absolute atomic E-state index is 0.206. The Balaban J connectivity index is 1.40. The summed E-state index contributed by atoms with van der Waals surface area (Å²) in [7, 11) is 1.96. The SMILES string of the molecule is Cn1c(-c2n[nH]c(=O)c3ccccc23)nnc1N(Cc1ccc2ccccc2c1)C1CC1. The number of nitrogens with zero attached hydrogens (tertiary/aromatic N) is 5. The smallest absolute Gasteiger partial charge is 0.272 e. The summed E-state index contributed by atoms with van der Waals surface area (Å²) >= 11 is 0. The highest BCUT2D eigenvalue weighted by Crippen LogP contribution is 2.34. The lowest BCUT2D eigenvalue weighted by Crippen LogP contribution is -2.28. The quantitative estimate of drug-likeness (QED) is 0.462. The maximum Gasteiger partial charge on any atom is 0.272 e. The molecule has 158 valence electrons. The number of hydrogen-bond acceptors (Lipinski definition) is 5. The lowest BCUT2D eigenvalue weighted by molar-refractivity contribution is 0.728. The molecular formula is C25H22N6O. The number of H-pyrrole nitrogens is 1. The first-order chi connectivity index (χ1) is 15.7. The van der Waals surface area contributed by atoms with Gasteiger partial charge in [-0.2, -0.15) is 5.10 Å². The van der Waals surface area contributed by atoms with Crippen LogP contribution < -0.4 is 10.5 Å². The summed E-state index contributed by atoms with van der Waals surface area (Å²) in [6, 6.07) is 22.9. The van der Waals surface area contributed by atoms with Crippen LogP contribution in [0.5, 0.6) is 0 Å². The van der Waals surface area contributed by atoms with Gasteiger partial charge in [0.1, 0.15) is 5.69 Å². The summed E-state index contributed by atoms with van der Waals surface area (Å²) in [5.41, 5.74) is 1.67. The molecule has 0 aliphatic heterocycles. The summed E-state index contributed by atoms with van der Waals surface area (Å²) in [5.74, 6) is 1.45. The largest absolute Gasteiger partial charge is 0.334 e. The minimum Gasteiger partial charge on any atom is -0.334 e. The summed E-state index contributed by atoms with van der Waals surface area (Å²) in [6.07, 6.45) is 2.30. The Bertz CT molecular complexity index is 1510. The van der Waals surface area contributed by atoms with E-state index in [9.17, 15) is 4.79 Å². The molecule has 5 aromatic rings. The Morgan fingerprint density at radius 2 is 1.72 bits per heavy atom. The third kappa shape index (κ3) is 3.13. The van der Waals surface area contributed by atoms with Crippen molar-refractivity contribution in [2.45, 2.75) is 25.4 Å². The van der Waals surface area contributed by atoms with Crippen LogP contribution in [0.2, 0.25) is 0 Å². The second kappa shape index (κ2) is 7.30. The van der Waals surface area contributed by atoms with Gasteiger partial charge in [-0.3, -0.25) is 9.36 Å². The third-order valence-electron chi connectivity index (χ3n) is 6.17. The van der Waals surface area contributed by atoms with E-state index in [0.717, 1.165) is 30.7 Å². The van der Waals surface area contributed by atoms with Crippen LogP contribution >= 0.6 is 0 Å². The molecule has 3 aromatic carbocycles. The average molecular weight is 422 g/mol. The van der Waals surface area contributed by atoms with Crippen molar-refractivity contribution in [3.05, 3.63) is 82.6 Å². The summed E-state index contributed by atoms with van der Waals surface area (Å²) in [5, 5.41) is 19.8. The molecule has 0 bridgehead atoms. The first kappa shape index (κ1) is 18.7. The van der Waals surface area contributed by atoms with Crippen LogP contribution in [-0.2, 0) is 13.6 Å². The molecule has 1 N–H and O–H groups in total. The third-order valence-corrected chi connectivity index (χ3v) is 6.17. The van der Waals surface area contributed by atoms with E-state index >= 15 is 0 Å². The van der Waals surface area contributed by atoms with Crippen LogP contribution in [0.15, 0.2) is 71.5 Å². The lowest BCUT2D eigenvalue weighted by atomic mass is 10.1. The molecule has 0 amide bonds. The van der Waals surface area contributed by atoms with Gasteiger partial charge in [0.25, 0.3) is 5.56 Å². The number of rotatable bonds is 5. The number of nitrogens with one attached hydrogen (secondary N) is 1. The molecule has 1 fully saturated rings. The number of fused-ring (bicyclic) bond motifs is 2. The molecule has 0 radical (unpaired) electrons. The van der Waals surface area contributed by atoms with E-state index in [-0.39, 0.29) is 5.56 Å². The van der Waals surface area contributed by atoms with Crippen LogP contribution in [0.25, 0.3) is 33.1 Å². The zero-order valence-electron chi connectivity index (χ0n) is 17.7. The molecule has 6 rings (SSSR count). The number of benzene rings is 3. The van der Waals surface area contributed by atoms with Gasteiger partial charge in [-0.05, 0) is 41.3 Å². The fourth-order valence-electron chi connectivity index (χ4n) is 4.35. The predicted molar refractivity (Wildman–Crippen MR) is 126 cm³/mol. The monoisotopic (exact) mass is 422 g/mol. The minimum atomic E-state index is -0.206. The van der Waals surface area contributed by atoms with E-state index < -0.39 is 0 Å². The van der Waals surface area contributed by atoms with Gasteiger partial charge in [-0.1, -0.05) is 54.6 Å². The molecule has 1 saturated carbocycles. The topological polar surface area (TPSA) is 79.7 Å². The zero-order valence-corrected chi connectivity index (χ0v) is 17.7. The van der Waals surface area contributed by atoms with E-state index in [1.165, 1.54) is 16.3 Å². The average Bonchev–Trinajstić information content (AvgIpc) is 3.60. The maximum atomic E-state index is 12.2. The van der Waals surface area contributed by atoms with Gasteiger partial charge in [0.2, 0.25) is 5.95 Å². The van der Waals surface area contributed by atoms with Crippen LogP contribution in [0, 0.1) is 0 Å². The van der Waals surface area contributed by atoms with E-state index in [1.54, 1.807) is 6.07 Å². The molecule has 0 unspecified atom stereocenters. The fourth-order valence-corrected chi connectivity index (χ4v) is 4.35. The van der Waals surface area contributed by atoms with Crippen molar-refractivity contribution in [1.82, 2.24) is 25.0 Å². The molecule has 2 heterocycles. The van der Waals surface area contributed by atoms with E-state index in [1.807, 2.05) is 29.8 Å². The van der Waals surface area contributed by atoms with Crippen molar-refractivity contribution in [3.8, 4) is 11.5 Å².